The third-order valence-electron chi connectivity index (χ3n) is 5.07. The Labute approximate surface area is 167 Å². The Morgan fingerprint density at radius 2 is 1.68 bits per heavy atom. The molecule has 3 rings (SSSR count). The number of rotatable bonds is 6. The van der Waals surface area contributed by atoms with Crippen molar-refractivity contribution in [2.75, 3.05) is 58.9 Å². The zero-order valence-electron chi connectivity index (χ0n) is 17.0. The highest BCUT2D eigenvalue weighted by molar-refractivity contribution is 5.80. The Morgan fingerprint density at radius 3 is 2.32 bits per heavy atom. The average molecular weight is 383 g/mol. The molecule has 1 aliphatic heterocycles. The summed E-state index contributed by atoms with van der Waals surface area (Å²) in [7, 11) is 5.25. The van der Waals surface area contributed by atoms with Gasteiger partial charge in [-0.3, -0.25) is 4.99 Å². The largest absolute Gasteiger partial charge is 0.497 e. The average Bonchev–Trinajstić information content (AvgIpc) is 2.77. The monoisotopic (exact) mass is 382 g/mol. The number of ether oxygens (including phenoxy) is 2. The molecule has 6 nitrogen and oxygen atoms in total. The van der Waals surface area contributed by atoms with E-state index in [-0.39, 0.29) is 0 Å². The Morgan fingerprint density at radius 1 is 0.964 bits per heavy atom. The maximum absolute atomic E-state index is 5.34. The molecule has 0 radical (unpaired) electrons. The molecule has 1 heterocycles. The standard InChI is InChI=1S/C22H30N4O2/c1-23-22(24-12-11-18-7-9-20(27-2)10-8-18)26-15-13-25(14-16-26)19-5-4-6-21(17-19)28-3/h4-10,17H,11-16H2,1-3H3,(H,23,24). The van der Waals surface area contributed by atoms with Crippen LogP contribution in [0.5, 0.6) is 11.5 Å². The number of nitrogens with zero attached hydrogens (tertiary/aromatic N) is 3. The van der Waals surface area contributed by atoms with Gasteiger partial charge in [-0.1, -0.05) is 18.2 Å². The van der Waals surface area contributed by atoms with E-state index in [1.807, 2.05) is 31.3 Å². The van der Waals surface area contributed by atoms with E-state index in [1.165, 1.54) is 11.3 Å². The van der Waals surface area contributed by atoms with Crippen molar-refractivity contribution in [3.8, 4) is 11.5 Å². The topological polar surface area (TPSA) is 49.3 Å². The minimum atomic E-state index is 0.856. The lowest BCUT2D eigenvalue weighted by Crippen LogP contribution is -2.52. The summed E-state index contributed by atoms with van der Waals surface area (Å²) >= 11 is 0. The predicted molar refractivity (Wildman–Crippen MR) is 115 cm³/mol. The molecule has 1 aliphatic rings. The zero-order valence-corrected chi connectivity index (χ0v) is 17.0. The highest BCUT2D eigenvalue weighted by Gasteiger charge is 2.20. The van der Waals surface area contributed by atoms with Gasteiger partial charge in [0.2, 0.25) is 0 Å². The fourth-order valence-corrected chi connectivity index (χ4v) is 3.43. The molecule has 1 saturated heterocycles. The van der Waals surface area contributed by atoms with Crippen LogP contribution in [0.25, 0.3) is 0 Å². The summed E-state index contributed by atoms with van der Waals surface area (Å²) in [5, 5.41) is 3.50. The smallest absolute Gasteiger partial charge is 0.193 e. The molecule has 1 N–H and O–H groups in total. The number of anilines is 1. The molecule has 28 heavy (non-hydrogen) atoms. The number of nitrogens with one attached hydrogen (secondary N) is 1. The molecule has 0 atom stereocenters. The van der Waals surface area contributed by atoms with Crippen LogP contribution in [-0.4, -0.2) is 64.9 Å². The molecule has 0 amide bonds. The first kappa shape index (κ1) is 19.9. The van der Waals surface area contributed by atoms with Gasteiger partial charge >= 0.3 is 0 Å². The van der Waals surface area contributed by atoms with Gasteiger partial charge in [-0.15, -0.1) is 0 Å². The first-order valence-corrected chi connectivity index (χ1v) is 9.71. The number of hydrogen-bond acceptors (Lipinski definition) is 4. The van der Waals surface area contributed by atoms with Crippen LogP contribution in [0.4, 0.5) is 5.69 Å². The molecular weight excluding hydrogens is 352 g/mol. The molecule has 0 aromatic heterocycles. The van der Waals surface area contributed by atoms with Crippen molar-refractivity contribution in [1.29, 1.82) is 0 Å². The van der Waals surface area contributed by atoms with Crippen molar-refractivity contribution in [1.82, 2.24) is 10.2 Å². The van der Waals surface area contributed by atoms with E-state index in [4.69, 9.17) is 9.47 Å². The van der Waals surface area contributed by atoms with E-state index in [2.05, 4.69) is 44.4 Å². The Balaban J connectivity index is 1.47. The Kier molecular flexibility index (Phi) is 7.00. The summed E-state index contributed by atoms with van der Waals surface area (Å²) in [5.41, 5.74) is 2.49. The Bertz CT molecular complexity index is 768. The lowest BCUT2D eigenvalue weighted by molar-refractivity contribution is 0.372. The second-order valence-corrected chi connectivity index (χ2v) is 6.75. The quantitative estimate of drug-likeness (QED) is 0.615. The number of piperazine rings is 1. The number of methoxy groups -OCH3 is 2. The van der Waals surface area contributed by atoms with Gasteiger partial charge < -0.3 is 24.6 Å². The zero-order chi connectivity index (χ0) is 19.8. The van der Waals surface area contributed by atoms with Crippen molar-refractivity contribution >= 4 is 11.6 Å². The van der Waals surface area contributed by atoms with Gasteiger partial charge in [0, 0.05) is 51.5 Å². The minimum Gasteiger partial charge on any atom is -0.497 e. The summed E-state index contributed by atoms with van der Waals surface area (Å²) in [4.78, 5) is 9.19. The van der Waals surface area contributed by atoms with Gasteiger partial charge in [-0.25, -0.2) is 0 Å². The maximum Gasteiger partial charge on any atom is 0.193 e. The molecule has 0 saturated carbocycles. The van der Waals surface area contributed by atoms with Gasteiger partial charge in [0.15, 0.2) is 5.96 Å². The number of benzene rings is 2. The van der Waals surface area contributed by atoms with E-state index < -0.39 is 0 Å². The van der Waals surface area contributed by atoms with Crippen LogP contribution in [0.2, 0.25) is 0 Å². The molecule has 0 bridgehead atoms. The highest BCUT2D eigenvalue weighted by Crippen LogP contribution is 2.22. The van der Waals surface area contributed by atoms with Gasteiger partial charge in [0.05, 0.1) is 14.2 Å². The fourth-order valence-electron chi connectivity index (χ4n) is 3.43. The number of hydrogen-bond donors (Lipinski definition) is 1. The molecule has 150 valence electrons. The van der Waals surface area contributed by atoms with Crippen LogP contribution in [0, 0.1) is 0 Å². The van der Waals surface area contributed by atoms with Crippen LogP contribution in [0.1, 0.15) is 5.56 Å². The molecule has 0 unspecified atom stereocenters. The van der Waals surface area contributed by atoms with Crippen molar-refractivity contribution in [3.05, 3.63) is 54.1 Å². The minimum absolute atomic E-state index is 0.856. The SMILES string of the molecule is CN=C(NCCc1ccc(OC)cc1)N1CCN(c2cccc(OC)c2)CC1. The summed E-state index contributed by atoms with van der Waals surface area (Å²) < 4.78 is 10.6. The molecule has 1 fully saturated rings. The molecule has 6 heteroatoms. The van der Waals surface area contributed by atoms with Gasteiger partial charge in [-0.05, 0) is 36.2 Å². The van der Waals surface area contributed by atoms with Crippen LogP contribution >= 0.6 is 0 Å². The van der Waals surface area contributed by atoms with Gasteiger partial charge in [0.1, 0.15) is 11.5 Å². The van der Waals surface area contributed by atoms with Crippen LogP contribution < -0.4 is 19.7 Å². The van der Waals surface area contributed by atoms with Crippen molar-refractivity contribution < 1.29 is 9.47 Å². The van der Waals surface area contributed by atoms with Crippen LogP contribution in [0.15, 0.2) is 53.5 Å². The van der Waals surface area contributed by atoms with Gasteiger partial charge in [0.25, 0.3) is 0 Å². The fraction of sp³-hybridized carbons (Fsp3) is 0.409. The van der Waals surface area contributed by atoms with Crippen molar-refractivity contribution in [3.63, 3.8) is 0 Å². The van der Waals surface area contributed by atoms with E-state index in [0.717, 1.165) is 56.6 Å². The van der Waals surface area contributed by atoms with E-state index in [9.17, 15) is 0 Å². The van der Waals surface area contributed by atoms with Crippen molar-refractivity contribution in [2.24, 2.45) is 4.99 Å². The molecule has 2 aromatic rings. The highest BCUT2D eigenvalue weighted by atomic mass is 16.5. The second-order valence-electron chi connectivity index (χ2n) is 6.75. The normalized spacial score (nSPS) is 14.8. The number of aliphatic imine (C=N–C) groups is 1. The van der Waals surface area contributed by atoms with Crippen LogP contribution in [0.3, 0.4) is 0 Å². The van der Waals surface area contributed by atoms with Gasteiger partial charge in [-0.2, -0.15) is 0 Å². The molecule has 0 spiro atoms. The molecule has 2 aromatic carbocycles. The molecule has 0 aliphatic carbocycles. The maximum atomic E-state index is 5.34. The first-order chi connectivity index (χ1) is 13.7. The third kappa shape index (κ3) is 5.09. The van der Waals surface area contributed by atoms with Crippen LogP contribution in [-0.2, 0) is 6.42 Å². The van der Waals surface area contributed by atoms with E-state index in [0.29, 0.717) is 0 Å². The Hall–Kier alpha value is -2.89. The van der Waals surface area contributed by atoms with E-state index in [1.54, 1.807) is 14.2 Å². The lowest BCUT2D eigenvalue weighted by atomic mass is 10.1. The summed E-state index contributed by atoms with van der Waals surface area (Å²) in [6.07, 6.45) is 0.951. The molecular formula is C22H30N4O2. The third-order valence-corrected chi connectivity index (χ3v) is 5.07. The first-order valence-electron chi connectivity index (χ1n) is 9.71. The summed E-state index contributed by atoms with van der Waals surface area (Å²) in [6.45, 7) is 4.67. The summed E-state index contributed by atoms with van der Waals surface area (Å²) in [6, 6.07) is 16.5. The predicted octanol–water partition coefficient (Wildman–Crippen LogP) is 2.64. The summed E-state index contributed by atoms with van der Waals surface area (Å²) in [5.74, 6) is 2.76. The number of guanidine groups is 1. The van der Waals surface area contributed by atoms with E-state index >= 15 is 0 Å². The second kappa shape index (κ2) is 9.88. The lowest BCUT2D eigenvalue weighted by Gasteiger charge is -2.37. The van der Waals surface area contributed by atoms with Crippen molar-refractivity contribution in [2.45, 2.75) is 6.42 Å².